The van der Waals surface area contributed by atoms with E-state index in [-0.39, 0.29) is 6.54 Å². The number of urea groups is 1. The SMILES string of the molecule is Cc1cc2cc(CNC(=O)N3C[C@@H](C(F)(F)F)[C@H](C(=O)O)C3)ccc2[nH]1. The molecular weight excluding hydrogens is 351 g/mol. The second-order valence-corrected chi connectivity index (χ2v) is 6.53. The van der Waals surface area contributed by atoms with Crippen LogP contribution in [0.5, 0.6) is 0 Å². The number of carbonyl (C=O) groups is 2. The predicted octanol–water partition coefficient (Wildman–Crippen LogP) is 2.88. The summed E-state index contributed by atoms with van der Waals surface area (Å²) < 4.78 is 39.0. The summed E-state index contributed by atoms with van der Waals surface area (Å²) in [5.74, 6) is -5.24. The molecule has 26 heavy (non-hydrogen) atoms. The van der Waals surface area contributed by atoms with Gasteiger partial charge in [0.1, 0.15) is 0 Å². The van der Waals surface area contributed by atoms with Gasteiger partial charge in [-0.3, -0.25) is 4.79 Å². The quantitative estimate of drug-likeness (QED) is 0.778. The molecule has 0 spiro atoms. The van der Waals surface area contributed by atoms with E-state index < -0.39 is 43.1 Å². The Morgan fingerprint density at radius 1 is 1.31 bits per heavy atom. The van der Waals surface area contributed by atoms with Gasteiger partial charge in [0.15, 0.2) is 0 Å². The molecule has 2 heterocycles. The minimum atomic E-state index is -4.66. The highest BCUT2D eigenvalue weighted by Crippen LogP contribution is 2.37. The number of carboxylic acid groups (broad SMARTS) is 1. The van der Waals surface area contributed by atoms with Crippen molar-refractivity contribution in [3.05, 3.63) is 35.5 Å². The minimum absolute atomic E-state index is 0.143. The average molecular weight is 369 g/mol. The van der Waals surface area contributed by atoms with Crippen LogP contribution in [0, 0.1) is 18.8 Å². The minimum Gasteiger partial charge on any atom is -0.481 e. The maximum Gasteiger partial charge on any atom is 0.394 e. The van der Waals surface area contributed by atoms with Crippen molar-refractivity contribution in [3.63, 3.8) is 0 Å². The number of aryl methyl sites for hydroxylation is 1. The van der Waals surface area contributed by atoms with Crippen LogP contribution in [0.1, 0.15) is 11.3 Å². The Kier molecular flexibility index (Phi) is 4.55. The molecule has 0 radical (unpaired) electrons. The molecule has 0 bridgehead atoms. The van der Waals surface area contributed by atoms with Crippen LogP contribution in [0.2, 0.25) is 0 Å². The van der Waals surface area contributed by atoms with Crippen LogP contribution in [0.4, 0.5) is 18.0 Å². The maximum absolute atomic E-state index is 13.0. The fourth-order valence-electron chi connectivity index (χ4n) is 3.28. The zero-order valence-electron chi connectivity index (χ0n) is 13.9. The third-order valence-electron chi connectivity index (χ3n) is 4.61. The van der Waals surface area contributed by atoms with Gasteiger partial charge in [0.25, 0.3) is 0 Å². The molecule has 1 aliphatic heterocycles. The number of likely N-dealkylation sites (tertiary alicyclic amines) is 1. The Hall–Kier alpha value is -2.71. The van der Waals surface area contributed by atoms with Crippen LogP contribution in [-0.4, -0.2) is 46.3 Å². The normalized spacial score (nSPS) is 20.5. The summed E-state index contributed by atoms with van der Waals surface area (Å²) in [4.78, 5) is 27.3. The highest BCUT2D eigenvalue weighted by molar-refractivity contribution is 5.81. The molecule has 3 rings (SSSR count). The lowest BCUT2D eigenvalue weighted by molar-refractivity contribution is -0.187. The van der Waals surface area contributed by atoms with Gasteiger partial charge in [0, 0.05) is 30.8 Å². The number of amides is 2. The number of alkyl halides is 3. The van der Waals surface area contributed by atoms with Crippen molar-refractivity contribution in [2.45, 2.75) is 19.6 Å². The fourth-order valence-corrected chi connectivity index (χ4v) is 3.28. The molecule has 1 saturated heterocycles. The van der Waals surface area contributed by atoms with E-state index in [0.717, 1.165) is 27.1 Å². The standard InChI is InChI=1S/C17H18F3N3O3/c1-9-4-11-5-10(2-3-14(11)22-9)6-21-16(26)23-7-12(15(24)25)13(8-23)17(18,19)20/h2-5,12-13,22H,6-8H2,1H3,(H,21,26)(H,24,25)/t12-,13-/m1/s1. The van der Waals surface area contributed by atoms with Gasteiger partial charge in [-0.2, -0.15) is 13.2 Å². The number of carboxylic acids is 1. The molecule has 3 N–H and O–H groups in total. The second-order valence-electron chi connectivity index (χ2n) is 6.53. The van der Waals surface area contributed by atoms with Crippen molar-refractivity contribution in [1.82, 2.24) is 15.2 Å². The molecule has 1 aromatic heterocycles. The number of aromatic nitrogens is 1. The first-order valence-electron chi connectivity index (χ1n) is 8.05. The number of aromatic amines is 1. The van der Waals surface area contributed by atoms with E-state index in [1.54, 1.807) is 6.07 Å². The zero-order valence-corrected chi connectivity index (χ0v) is 13.9. The molecule has 0 saturated carbocycles. The van der Waals surface area contributed by atoms with E-state index in [1.165, 1.54) is 0 Å². The summed E-state index contributed by atoms with van der Waals surface area (Å²) in [7, 11) is 0. The summed E-state index contributed by atoms with van der Waals surface area (Å²) in [5, 5.41) is 12.5. The average Bonchev–Trinajstić information content (AvgIpc) is 3.14. The van der Waals surface area contributed by atoms with Gasteiger partial charge in [-0.25, -0.2) is 4.79 Å². The Morgan fingerprint density at radius 2 is 2.04 bits per heavy atom. The van der Waals surface area contributed by atoms with Gasteiger partial charge in [-0.15, -0.1) is 0 Å². The van der Waals surface area contributed by atoms with Crippen molar-refractivity contribution < 1.29 is 27.9 Å². The van der Waals surface area contributed by atoms with Crippen LogP contribution in [0.15, 0.2) is 24.3 Å². The van der Waals surface area contributed by atoms with Crippen LogP contribution < -0.4 is 5.32 Å². The summed E-state index contributed by atoms with van der Waals surface area (Å²) in [5.41, 5.74) is 2.75. The van der Waals surface area contributed by atoms with E-state index >= 15 is 0 Å². The molecule has 2 atom stereocenters. The highest BCUT2D eigenvalue weighted by atomic mass is 19.4. The van der Waals surface area contributed by atoms with Crippen molar-refractivity contribution in [2.75, 3.05) is 13.1 Å². The molecule has 9 heteroatoms. The lowest BCUT2D eigenvalue weighted by atomic mass is 9.96. The molecule has 140 valence electrons. The van der Waals surface area contributed by atoms with Crippen molar-refractivity contribution in [2.24, 2.45) is 11.8 Å². The number of fused-ring (bicyclic) bond motifs is 1. The number of hydrogen-bond donors (Lipinski definition) is 3. The van der Waals surface area contributed by atoms with E-state index in [9.17, 15) is 22.8 Å². The van der Waals surface area contributed by atoms with Crippen molar-refractivity contribution in [1.29, 1.82) is 0 Å². The van der Waals surface area contributed by atoms with E-state index in [1.807, 2.05) is 25.1 Å². The number of nitrogens with one attached hydrogen (secondary N) is 2. The molecule has 0 unspecified atom stereocenters. The highest BCUT2D eigenvalue weighted by Gasteiger charge is 2.53. The monoisotopic (exact) mass is 369 g/mol. The predicted molar refractivity (Wildman–Crippen MR) is 87.5 cm³/mol. The number of rotatable bonds is 3. The third kappa shape index (κ3) is 3.61. The molecule has 2 amide bonds. The van der Waals surface area contributed by atoms with E-state index in [2.05, 4.69) is 10.3 Å². The topological polar surface area (TPSA) is 85.4 Å². The molecule has 1 aromatic carbocycles. The third-order valence-corrected chi connectivity index (χ3v) is 4.61. The van der Waals surface area contributed by atoms with Crippen LogP contribution in [-0.2, 0) is 11.3 Å². The van der Waals surface area contributed by atoms with Crippen molar-refractivity contribution >= 4 is 22.9 Å². The molecular formula is C17H18F3N3O3. The molecule has 1 aliphatic rings. The lowest BCUT2D eigenvalue weighted by Gasteiger charge is -2.18. The first-order valence-corrected chi connectivity index (χ1v) is 8.05. The summed E-state index contributed by atoms with van der Waals surface area (Å²) in [6.45, 7) is 0.957. The first-order chi connectivity index (χ1) is 12.1. The van der Waals surface area contributed by atoms with Crippen molar-refractivity contribution in [3.8, 4) is 0 Å². The first kappa shape index (κ1) is 18.1. The van der Waals surface area contributed by atoms with Gasteiger partial charge in [0.2, 0.25) is 0 Å². The smallest absolute Gasteiger partial charge is 0.394 e. The number of halogens is 3. The van der Waals surface area contributed by atoms with Gasteiger partial charge < -0.3 is 20.3 Å². The molecule has 2 aromatic rings. The number of benzene rings is 1. The van der Waals surface area contributed by atoms with Crippen LogP contribution in [0.25, 0.3) is 10.9 Å². The maximum atomic E-state index is 13.0. The summed E-state index contributed by atoms with van der Waals surface area (Å²) >= 11 is 0. The number of H-pyrrole nitrogens is 1. The molecule has 6 nitrogen and oxygen atoms in total. The molecule has 1 fully saturated rings. The molecule has 0 aliphatic carbocycles. The van der Waals surface area contributed by atoms with Gasteiger partial charge in [-0.1, -0.05) is 6.07 Å². The van der Waals surface area contributed by atoms with Crippen LogP contribution in [0.3, 0.4) is 0 Å². The number of carbonyl (C=O) groups excluding carboxylic acids is 1. The lowest BCUT2D eigenvalue weighted by Crippen LogP contribution is -2.39. The number of hydrogen-bond acceptors (Lipinski definition) is 2. The Morgan fingerprint density at radius 3 is 2.65 bits per heavy atom. The summed E-state index contributed by atoms with van der Waals surface area (Å²) in [6, 6.07) is 6.79. The Bertz CT molecular complexity index is 847. The van der Waals surface area contributed by atoms with Gasteiger partial charge >= 0.3 is 18.2 Å². The largest absolute Gasteiger partial charge is 0.481 e. The Balaban J connectivity index is 1.65. The van der Waals surface area contributed by atoms with Crippen LogP contribution >= 0.6 is 0 Å². The van der Waals surface area contributed by atoms with E-state index in [4.69, 9.17) is 5.11 Å². The summed E-state index contributed by atoms with van der Waals surface area (Å²) in [6.07, 6.45) is -4.66. The number of nitrogens with zero attached hydrogens (tertiary/aromatic N) is 1. The number of aliphatic carboxylic acids is 1. The Labute approximate surface area is 147 Å². The van der Waals surface area contributed by atoms with Gasteiger partial charge in [-0.05, 0) is 36.1 Å². The zero-order chi connectivity index (χ0) is 19.1. The fraction of sp³-hybridized carbons (Fsp3) is 0.412. The van der Waals surface area contributed by atoms with E-state index in [0.29, 0.717) is 0 Å². The van der Waals surface area contributed by atoms with Gasteiger partial charge in [0.05, 0.1) is 11.8 Å². The second kappa shape index (κ2) is 6.54.